The Hall–Kier alpha value is -2.61. The van der Waals surface area contributed by atoms with Gasteiger partial charge in [-0.2, -0.15) is 0 Å². The lowest BCUT2D eigenvalue weighted by atomic mass is 10.1. The summed E-state index contributed by atoms with van der Waals surface area (Å²) in [5.41, 5.74) is 3.83. The van der Waals surface area contributed by atoms with Gasteiger partial charge in [-0.3, -0.25) is 4.98 Å². The molecule has 0 amide bonds. The lowest BCUT2D eigenvalue weighted by Gasteiger charge is -1.99. The molecule has 0 aliphatic carbocycles. The van der Waals surface area contributed by atoms with E-state index in [9.17, 15) is 0 Å². The van der Waals surface area contributed by atoms with Gasteiger partial charge in [-0.25, -0.2) is 0 Å². The molecule has 0 bridgehead atoms. The van der Waals surface area contributed by atoms with E-state index in [0.29, 0.717) is 0 Å². The van der Waals surface area contributed by atoms with E-state index in [0.717, 1.165) is 33.2 Å². The summed E-state index contributed by atoms with van der Waals surface area (Å²) in [5.74, 6) is 0. The second-order valence-electron chi connectivity index (χ2n) is 4.53. The van der Waals surface area contributed by atoms with Crippen LogP contribution >= 0.6 is 0 Å². The van der Waals surface area contributed by atoms with Gasteiger partial charge in [-0.1, -0.05) is 48.5 Å². The number of furan rings is 1. The number of rotatable bonds is 1. The van der Waals surface area contributed by atoms with Gasteiger partial charge in [0.1, 0.15) is 5.58 Å². The minimum atomic E-state index is 0.834. The third-order valence-electron chi connectivity index (χ3n) is 3.33. The highest BCUT2D eigenvalue weighted by molar-refractivity contribution is 6.05. The zero-order valence-electron chi connectivity index (χ0n) is 10.2. The zero-order chi connectivity index (χ0) is 12.7. The first kappa shape index (κ1) is 10.3. The van der Waals surface area contributed by atoms with E-state index < -0.39 is 0 Å². The number of aromatic nitrogens is 1. The average Bonchev–Trinajstić information content (AvgIpc) is 2.86. The van der Waals surface area contributed by atoms with Crippen molar-refractivity contribution in [2.45, 2.75) is 0 Å². The van der Waals surface area contributed by atoms with E-state index in [1.165, 1.54) is 0 Å². The molecule has 19 heavy (non-hydrogen) atoms. The molecule has 90 valence electrons. The van der Waals surface area contributed by atoms with Crippen molar-refractivity contribution in [2.75, 3.05) is 0 Å². The summed E-state index contributed by atoms with van der Waals surface area (Å²) in [6.45, 7) is 0. The summed E-state index contributed by atoms with van der Waals surface area (Å²) >= 11 is 0. The van der Waals surface area contributed by atoms with Crippen LogP contribution in [0.4, 0.5) is 0 Å². The summed E-state index contributed by atoms with van der Waals surface area (Å²) < 4.78 is 5.78. The van der Waals surface area contributed by atoms with Crippen molar-refractivity contribution < 1.29 is 4.42 Å². The molecule has 2 aromatic carbocycles. The summed E-state index contributed by atoms with van der Waals surface area (Å²) in [7, 11) is 0. The molecule has 0 unspecified atom stereocenters. The molecule has 0 aliphatic rings. The maximum atomic E-state index is 5.78. The molecule has 2 nitrogen and oxygen atoms in total. The van der Waals surface area contributed by atoms with Crippen LogP contribution in [0.2, 0.25) is 0 Å². The number of pyridine rings is 1. The van der Waals surface area contributed by atoms with Gasteiger partial charge in [0.2, 0.25) is 0 Å². The minimum Gasteiger partial charge on any atom is -0.454 e. The molecule has 0 radical (unpaired) electrons. The summed E-state index contributed by atoms with van der Waals surface area (Å²) in [4.78, 5) is 4.48. The molecule has 0 spiro atoms. The lowest BCUT2D eigenvalue weighted by Crippen LogP contribution is -1.81. The average molecular weight is 245 g/mol. The standard InChI is InChI=1S/C17H11NO/c1-2-6-12(7-3-1)15-10-14-13-8-4-5-9-16(13)19-17(14)11-18-15/h1-11H. The zero-order valence-corrected chi connectivity index (χ0v) is 10.2. The van der Waals surface area contributed by atoms with Crippen LogP contribution in [0.25, 0.3) is 33.2 Å². The molecule has 2 aromatic heterocycles. The van der Waals surface area contributed by atoms with Gasteiger partial charge in [0, 0.05) is 16.3 Å². The Balaban J connectivity index is 2.03. The Labute approximate surface area is 110 Å². The summed E-state index contributed by atoms with van der Waals surface area (Å²) in [6, 6.07) is 20.4. The second kappa shape index (κ2) is 3.95. The fraction of sp³-hybridized carbons (Fsp3) is 0. The van der Waals surface area contributed by atoms with E-state index >= 15 is 0 Å². The normalized spacial score (nSPS) is 11.2. The molecule has 2 heteroatoms. The van der Waals surface area contributed by atoms with Gasteiger partial charge in [-0.15, -0.1) is 0 Å². The van der Waals surface area contributed by atoms with Gasteiger partial charge >= 0.3 is 0 Å². The largest absolute Gasteiger partial charge is 0.454 e. The highest BCUT2D eigenvalue weighted by Gasteiger charge is 2.08. The van der Waals surface area contributed by atoms with E-state index in [2.05, 4.69) is 29.2 Å². The van der Waals surface area contributed by atoms with E-state index in [-0.39, 0.29) is 0 Å². The Morgan fingerprint density at radius 3 is 2.42 bits per heavy atom. The van der Waals surface area contributed by atoms with Crippen LogP contribution in [0.15, 0.2) is 71.3 Å². The first-order valence-corrected chi connectivity index (χ1v) is 6.24. The molecule has 0 saturated heterocycles. The van der Waals surface area contributed by atoms with Crippen molar-refractivity contribution in [1.29, 1.82) is 0 Å². The van der Waals surface area contributed by atoms with Crippen LogP contribution in [0.3, 0.4) is 0 Å². The summed E-state index contributed by atoms with van der Waals surface area (Å²) in [6.07, 6.45) is 1.80. The molecule has 0 fully saturated rings. The van der Waals surface area contributed by atoms with Crippen molar-refractivity contribution in [3.8, 4) is 11.3 Å². The molecule has 0 atom stereocenters. The van der Waals surface area contributed by atoms with Gasteiger partial charge in [-0.05, 0) is 12.1 Å². The Kier molecular flexibility index (Phi) is 2.15. The third-order valence-corrected chi connectivity index (χ3v) is 3.33. The Bertz CT molecular complexity index is 862. The van der Waals surface area contributed by atoms with Crippen LogP contribution < -0.4 is 0 Å². The van der Waals surface area contributed by atoms with E-state index in [4.69, 9.17) is 4.42 Å². The predicted octanol–water partition coefficient (Wildman–Crippen LogP) is 4.65. The quantitative estimate of drug-likeness (QED) is 0.488. The SMILES string of the molecule is c1ccc(-c2cc3c(cn2)oc2ccccc23)cc1. The number of para-hydroxylation sites is 1. The van der Waals surface area contributed by atoms with Crippen LogP contribution in [-0.2, 0) is 0 Å². The molecule has 0 N–H and O–H groups in total. The highest BCUT2D eigenvalue weighted by Crippen LogP contribution is 2.30. The molecule has 0 saturated carbocycles. The first-order valence-electron chi connectivity index (χ1n) is 6.24. The van der Waals surface area contributed by atoms with Gasteiger partial charge in [0.15, 0.2) is 5.58 Å². The molecule has 0 aliphatic heterocycles. The van der Waals surface area contributed by atoms with Crippen LogP contribution in [-0.4, -0.2) is 4.98 Å². The van der Waals surface area contributed by atoms with Crippen LogP contribution in [0.1, 0.15) is 0 Å². The first-order chi connectivity index (χ1) is 9.42. The number of hydrogen-bond donors (Lipinski definition) is 0. The van der Waals surface area contributed by atoms with Gasteiger partial charge in [0.05, 0.1) is 11.9 Å². The smallest absolute Gasteiger partial charge is 0.153 e. The predicted molar refractivity (Wildman–Crippen MR) is 77.0 cm³/mol. The minimum absolute atomic E-state index is 0.834. The molecule has 4 aromatic rings. The van der Waals surface area contributed by atoms with E-state index in [1.54, 1.807) is 6.20 Å². The summed E-state index contributed by atoms with van der Waals surface area (Å²) in [5, 5.41) is 2.25. The molecule has 2 heterocycles. The number of fused-ring (bicyclic) bond motifs is 3. The van der Waals surface area contributed by atoms with Gasteiger partial charge in [0.25, 0.3) is 0 Å². The second-order valence-corrected chi connectivity index (χ2v) is 4.53. The van der Waals surface area contributed by atoms with Crippen LogP contribution in [0, 0.1) is 0 Å². The topological polar surface area (TPSA) is 26.0 Å². The van der Waals surface area contributed by atoms with Crippen molar-refractivity contribution in [3.05, 3.63) is 66.9 Å². The number of nitrogens with zero attached hydrogens (tertiary/aromatic N) is 1. The van der Waals surface area contributed by atoms with Crippen molar-refractivity contribution in [3.63, 3.8) is 0 Å². The molecule has 4 rings (SSSR count). The maximum Gasteiger partial charge on any atom is 0.153 e. The number of hydrogen-bond acceptors (Lipinski definition) is 2. The van der Waals surface area contributed by atoms with Crippen molar-refractivity contribution in [1.82, 2.24) is 4.98 Å². The molecular weight excluding hydrogens is 234 g/mol. The maximum absolute atomic E-state index is 5.78. The van der Waals surface area contributed by atoms with Crippen molar-refractivity contribution >= 4 is 21.9 Å². The van der Waals surface area contributed by atoms with E-state index in [1.807, 2.05) is 36.4 Å². The Morgan fingerprint density at radius 2 is 1.53 bits per heavy atom. The Morgan fingerprint density at radius 1 is 0.737 bits per heavy atom. The van der Waals surface area contributed by atoms with Crippen LogP contribution in [0.5, 0.6) is 0 Å². The highest BCUT2D eigenvalue weighted by atomic mass is 16.3. The van der Waals surface area contributed by atoms with Crippen molar-refractivity contribution in [2.24, 2.45) is 0 Å². The monoisotopic (exact) mass is 245 g/mol. The fourth-order valence-electron chi connectivity index (χ4n) is 2.40. The van der Waals surface area contributed by atoms with Gasteiger partial charge < -0.3 is 4.42 Å². The lowest BCUT2D eigenvalue weighted by molar-refractivity contribution is 0.667. The third kappa shape index (κ3) is 1.61. The fourth-order valence-corrected chi connectivity index (χ4v) is 2.40. The number of benzene rings is 2. The molecular formula is C17H11NO.